The lowest BCUT2D eigenvalue weighted by atomic mass is 10.2. The summed E-state index contributed by atoms with van der Waals surface area (Å²) in [7, 11) is -2.03. The maximum atomic E-state index is 12.8. The highest BCUT2D eigenvalue weighted by Crippen LogP contribution is 2.24. The number of halogens is 1. The molecule has 24 heavy (non-hydrogen) atoms. The molecule has 0 aliphatic rings. The van der Waals surface area contributed by atoms with Gasteiger partial charge in [0.05, 0.1) is 11.9 Å². The third-order valence-corrected chi connectivity index (χ3v) is 5.12. The molecule has 0 saturated carbocycles. The predicted molar refractivity (Wildman–Crippen MR) is 98.1 cm³/mol. The van der Waals surface area contributed by atoms with Gasteiger partial charge in [-0.3, -0.25) is 9.10 Å². The van der Waals surface area contributed by atoms with Crippen LogP contribution in [-0.2, 0) is 14.8 Å². The Morgan fingerprint density at radius 3 is 2.04 bits per heavy atom. The Morgan fingerprint density at radius 2 is 1.54 bits per heavy atom. The number of rotatable bonds is 5. The van der Waals surface area contributed by atoms with Gasteiger partial charge in [-0.05, 0) is 43.3 Å². The highest BCUT2D eigenvalue weighted by Gasteiger charge is 2.31. The quantitative estimate of drug-likeness (QED) is 0.816. The third kappa shape index (κ3) is 4.07. The van der Waals surface area contributed by atoms with Gasteiger partial charge in [0, 0.05) is 17.8 Å². The lowest BCUT2D eigenvalue weighted by Gasteiger charge is -2.31. The Labute approximate surface area is 147 Å². The van der Waals surface area contributed by atoms with Crippen molar-refractivity contribution in [2.24, 2.45) is 0 Å². The first-order valence-corrected chi connectivity index (χ1v) is 9.52. The molecular weight excluding hydrogens is 348 g/mol. The molecule has 0 aliphatic heterocycles. The van der Waals surface area contributed by atoms with Crippen LogP contribution in [0.5, 0.6) is 0 Å². The molecule has 0 aliphatic carbocycles. The number of para-hydroxylation sites is 1. The Balaban J connectivity index is 2.36. The summed E-state index contributed by atoms with van der Waals surface area (Å²) >= 11 is 5.86. The number of benzene rings is 2. The van der Waals surface area contributed by atoms with Crippen LogP contribution >= 0.6 is 11.6 Å². The Kier molecular flexibility index (Phi) is 5.51. The van der Waals surface area contributed by atoms with E-state index in [-0.39, 0.29) is 5.91 Å². The Hall–Kier alpha value is -2.05. The van der Waals surface area contributed by atoms with Crippen molar-refractivity contribution in [1.29, 1.82) is 0 Å². The van der Waals surface area contributed by atoms with Gasteiger partial charge in [0.2, 0.25) is 15.9 Å². The molecule has 0 fully saturated rings. The molecule has 0 N–H and O–H groups in total. The standard InChI is InChI=1S/C17H19ClN2O3S/c1-13(17(21)19(2)15-7-5-4-6-8-15)20(24(3,22)23)16-11-9-14(18)10-12-16/h4-13H,1-3H3. The number of hydrogen-bond donors (Lipinski definition) is 0. The molecular formula is C17H19ClN2O3S. The lowest BCUT2D eigenvalue weighted by molar-refractivity contribution is -0.119. The number of carbonyl (C=O) groups is 1. The summed E-state index contributed by atoms with van der Waals surface area (Å²) in [4.78, 5) is 14.2. The molecule has 0 aromatic heterocycles. The van der Waals surface area contributed by atoms with Crippen LogP contribution in [0.25, 0.3) is 0 Å². The second kappa shape index (κ2) is 7.23. The molecule has 128 valence electrons. The Morgan fingerprint density at radius 1 is 1.00 bits per heavy atom. The molecule has 0 heterocycles. The van der Waals surface area contributed by atoms with Gasteiger partial charge in [-0.2, -0.15) is 0 Å². The van der Waals surface area contributed by atoms with E-state index in [9.17, 15) is 13.2 Å². The molecule has 1 unspecified atom stereocenters. The number of hydrogen-bond acceptors (Lipinski definition) is 3. The van der Waals surface area contributed by atoms with E-state index in [2.05, 4.69) is 0 Å². The molecule has 5 nitrogen and oxygen atoms in total. The predicted octanol–water partition coefficient (Wildman–Crippen LogP) is 3.16. The second-order valence-electron chi connectivity index (χ2n) is 5.44. The molecule has 1 amide bonds. The zero-order chi connectivity index (χ0) is 17.9. The minimum atomic E-state index is -3.65. The fourth-order valence-electron chi connectivity index (χ4n) is 2.45. The smallest absolute Gasteiger partial charge is 0.250 e. The van der Waals surface area contributed by atoms with Crippen molar-refractivity contribution >= 4 is 38.9 Å². The van der Waals surface area contributed by atoms with Crippen molar-refractivity contribution in [3.05, 3.63) is 59.6 Å². The van der Waals surface area contributed by atoms with Crippen LogP contribution in [0, 0.1) is 0 Å². The molecule has 2 aromatic carbocycles. The zero-order valence-corrected chi connectivity index (χ0v) is 15.3. The van der Waals surface area contributed by atoms with Crippen molar-refractivity contribution in [2.45, 2.75) is 13.0 Å². The van der Waals surface area contributed by atoms with Crippen LogP contribution in [-0.4, -0.2) is 33.7 Å². The number of amides is 1. The first-order valence-electron chi connectivity index (χ1n) is 7.29. The van der Waals surface area contributed by atoms with Crippen molar-refractivity contribution in [1.82, 2.24) is 0 Å². The minimum absolute atomic E-state index is 0.332. The minimum Gasteiger partial charge on any atom is -0.314 e. The summed E-state index contributed by atoms with van der Waals surface area (Å²) in [6.45, 7) is 1.57. The molecule has 2 aromatic rings. The number of sulfonamides is 1. The fraction of sp³-hybridized carbons (Fsp3) is 0.235. The normalized spacial score (nSPS) is 12.5. The largest absolute Gasteiger partial charge is 0.314 e. The first-order chi connectivity index (χ1) is 11.2. The molecule has 0 radical (unpaired) electrons. The van der Waals surface area contributed by atoms with Crippen molar-refractivity contribution < 1.29 is 13.2 Å². The van der Waals surface area contributed by atoms with E-state index in [1.54, 1.807) is 50.4 Å². The van der Waals surface area contributed by atoms with Gasteiger partial charge in [0.1, 0.15) is 6.04 Å². The highest BCUT2D eigenvalue weighted by molar-refractivity contribution is 7.92. The van der Waals surface area contributed by atoms with E-state index >= 15 is 0 Å². The molecule has 7 heteroatoms. The van der Waals surface area contributed by atoms with E-state index in [1.165, 1.54) is 4.90 Å². The summed E-state index contributed by atoms with van der Waals surface area (Å²) in [6.07, 6.45) is 1.08. The SMILES string of the molecule is CC(C(=O)N(C)c1ccccc1)N(c1ccc(Cl)cc1)S(C)(=O)=O. The van der Waals surface area contributed by atoms with Crippen molar-refractivity contribution in [2.75, 3.05) is 22.5 Å². The summed E-state index contributed by atoms with van der Waals surface area (Å²) in [5.74, 6) is -0.332. The summed E-state index contributed by atoms with van der Waals surface area (Å²) in [6, 6.07) is 14.5. The summed E-state index contributed by atoms with van der Waals surface area (Å²) < 4.78 is 25.6. The van der Waals surface area contributed by atoms with Crippen LogP contribution in [0.1, 0.15) is 6.92 Å². The van der Waals surface area contributed by atoms with E-state index in [0.29, 0.717) is 16.4 Å². The van der Waals surface area contributed by atoms with Crippen LogP contribution in [0.2, 0.25) is 5.02 Å². The highest BCUT2D eigenvalue weighted by atomic mass is 35.5. The molecule has 0 spiro atoms. The molecule has 0 saturated heterocycles. The topological polar surface area (TPSA) is 57.7 Å². The summed E-state index contributed by atoms with van der Waals surface area (Å²) in [5, 5.41) is 0.493. The number of nitrogens with zero attached hydrogens (tertiary/aromatic N) is 2. The van der Waals surface area contributed by atoms with E-state index in [0.717, 1.165) is 10.6 Å². The molecule has 2 rings (SSSR count). The van der Waals surface area contributed by atoms with Gasteiger partial charge in [0.25, 0.3) is 0 Å². The van der Waals surface area contributed by atoms with E-state index in [4.69, 9.17) is 11.6 Å². The van der Waals surface area contributed by atoms with E-state index < -0.39 is 16.1 Å². The van der Waals surface area contributed by atoms with E-state index in [1.807, 2.05) is 18.2 Å². The number of anilines is 2. The maximum absolute atomic E-state index is 12.8. The number of likely N-dealkylation sites (N-methyl/N-ethyl adjacent to an activating group) is 1. The maximum Gasteiger partial charge on any atom is 0.250 e. The Bertz CT molecular complexity index is 807. The van der Waals surface area contributed by atoms with Crippen LogP contribution < -0.4 is 9.21 Å². The second-order valence-corrected chi connectivity index (χ2v) is 7.74. The average molecular weight is 367 g/mol. The molecule has 0 bridgehead atoms. The average Bonchev–Trinajstić information content (AvgIpc) is 2.55. The fourth-order valence-corrected chi connectivity index (χ4v) is 3.74. The summed E-state index contributed by atoms with van der Waals surface area (Å²) in [5.41, 5.74) is 1.09. The van der Waals surface area contributed by atoms with Gasteiger partial charge in [-0.1, -0.05) is 29.8 Å². The van der Waals surface area contributed by atoms with Crippen LogP contribution in [0.3, 0.4) is 0 Å². The van der Waals surface area contributed by atoms with Crippen molar-refractivity contribution in [3.63, 3.8) is 0 Å². The van der Waals surface area contributed by atoms with Gasteiger partial charge in [-0.25, -0.2) is 8.42 Å². The van der Waals surface area contributed by atoms with Gasteiger partial charge in [-0.15, -0.1) is 0 Å². The van der Waals surface area contributed by atoms with Crippen molar-refractivity contribution in [3.8, 4) is 0 Å². The van der Waals surface area contributed by atoms with Crippen LogP contribution in [0.15, 0.2) is 54.6 Å². The van der Waals surface area contributed by atoms with Crippen LogP contribution in [0.4, 0.5) is 11.4 Å². The molecule has 1 atom stereocenters. The number of carbonyl (C=O) groups excluding carboxylic acids is 1. The zero-order valence-electron chi connectivity index (χ0n) is 13.7. The van der Waals surface area contributed by atoms with Gasteiger partial charge < -0.3 is 4.90 Å². The first kappa shape index (κ1) is 18.3. The lowest BCUT2D eigenvalue weighted by Crippen LogP contribution is -2.48. The monoisotopic (exact) mass is 366 g/mol. The van der Waals surface area contributed by atoms with Gasteiger partial charge in [0.15, 0.2) is 0 Å². The van der Waals surface area contributed by atoms with Gasteiger partial charge >= 0.3 is 0 Å². The third-order valence-electron chi connectivity index (χ3n) is 3.62.